The van der Waals surface area contributed by atoms with E-state index in [0.29, 0.717) is 31.8 Å². The van der Waals surface area contributed by atoms with E-state index >= 15 is 0 Å². The van der Waals surface area contributed by atoms with Crippen molar-refractivity contribution in [2.75, 3.05) is 26.2 Å². The predicted octanol–water partition coefficient (Wildman–Crippen LogP) is 3.04. The van der Waals surface area contributed by atoms with Crippen LogP contribution in [0, 0.1) is 6.92 Å². The third-order valence-electron chi connectivity index (χ3n) is 4.63. The maximum Gasteiger partial charge on any atom is 0.317 e. The number of amides is 3. The number of carbonyl (C=O) groups excluding carboxylic acids is 2. The molecular weight excluding hydrogens is 362 g/mol. The Balaban J connectivity index is 1.33. The number of carbonyl (C=O) groups is 2. The van der Waals surface area contributed by atoms with Gasteiger partial charge in [-0.2, -0.15) is 11.3 Å². The summed E-state index contributed by atoms with van der Waals surface area (Å²) in [4.78, 5) is 26.2. The first kappa shape index (κ1) is 19.2. The zero-order chi connectivity index (χ0) is 19.1. The molecule has 1 aromatic carbocycles. The van der Waals surface area contributed by atoms with Gasteiger partial charge in [-0.05, 0) is 42.8 Å². The molecule has 0 unspecified atom stereocenters. The second kappa shape index (κ2) is 9.41. The monoisotopic (exact) mass is 387 g/mol. The highest BCUT2D eigenvalue weighted by Gasteiger charge is 2.24. The summed E-state index contributed by atoms with van der Waals surface area (Å²) in [6.45, 7) is 4.17. The first-order valence-electron chi connectivity index (χ1n) is 9.18. The lowest BCUT2D eigenvalue weighted by Crippen LogP contribution is -2.49. The fraction of sp³-hybridized carbons (Fsp3) is 0.400. The molecule has 0 bridgehead atoms. The Bertz CT molecular complexity index is 756. The van der Waals surface area contributed by atoms with Crippen molar-refractivity contribution in [3.8, 4) is 5.75 Å². The van der Waals surface area contributed by atoms with E-state index in [1.165, 1.54) is 11.3 Å². The summed E-state index contributed by atoms with van der Waals surface area (Å²) in [6.07, 6.45) is 1.53. The van der Waals surface area contributed by atoms with Crippen LogP contribution in [0.25, 0.3) is 0 Å². The molecule has 3 amide bonds. The third-order valence-corrected chi connectivity index (χ3v) is 5.31. The fourth-order valence-electron chi connectivity index (χ4n) is 3.04. The lowest BCUT2D eigenvalue weighted by Gasteiger charge is -2.32. The lowest BCUT2D eigenvalue weighted by atomic mass is 10.0. The van der Waals surface area contributed by atoms with Crippen molar-refractivity contribution in [2.24, 2.45) is 0 Å². The molecule has 2 N–H and O–H groups in total. The quantitative estimate of drug-likeness (QED) is 0.749. The molecule has 7 heteroatoms. The number of rotatable bonds is 6. The van der Waals surface area contributed by atoms with E-state index < -0.39 is 0 Å². The molecule has 27 heavy (non-hydrogen) atoms. The summed E-state index contributed by atoms with van der Waals surface area (Å²) < 4.78 is 5.69. The number of hydrogen-bond donors (Lipinski definition) is 2. The van der Waals surface area contributed by atoms with Crippen molar-refractivity contribution in [1.82, 2.24) is 15.5 Å². The van der Waals surface area contributed by atoms with Gasteiger partial charge in [0.15, 0.2) is 0 Å². The summed E-state index contributed by atoms with van der Waals surface area (Å²) in [5.41, 5.74) is 1.78. The molecule has 2 heterocycles. The molecule has 144 valence electrons. The van der Waals surface area contributed by atoms with Gasteiger partial charge in [0.1, 0.15) is 12.4 Å². The van der Waals surface area contributed by atoms with E-state index in [9.17, 15) is 9.59 Å². The van der Waals surface area contributed by atoms with Crippen LogP contribution in [0.1, 0.15) is 28.8 Å². The van der Waals surface area contributed by atoms with Gasteiger partial charge in [0.25, 0.3) is 5.91 Å². The number of aryl methyl sites for hydroxylation is 1. The average molecular weight is 388 g/mol. The molecule has 0 atom stereocenters. The van der Waals surface area contributed by atoms with E-state index in [4.69, 9.17) is 4.74 Å². The van der Waals surface area contributed by atoms with Gasteiger partial charge in [0, 0.05) is 30.1 Å². The number of thiophene rings is 1. The molecule has 1 aromatic heterocycles. The average Bonchev–Trinajstić information content (AvgIpc) is 3.22. The topological polar surface area (TPSA) is 70.7 Å². The van der Waals surface area contributed by atoms with Crippen molar-refractivity contribution in [1.29, 1.82) is 0 Å². The summed E-state index contributed by atoms with van der Waals surface area (Å²) in [5.74, 6) is 0.807. The Morgan fingerprint density at radius 1 is 1.22 bits per heavy atom. The number of urea groups is 1. The number of piperidine rings is 1. The van der Waals surface area contributed by atoms with Crippen LogP contribution < -0.4 is 15.4 Å². The minimum Gasteiger partial charge on any atom is -0.491 e. The third kappa shape index (κ3) is 5.47. The molecule has 0 saturated carbocycles. The molecule has 0 spiro atoms. The van der Waals surface area contributed by atoms with E-state index in [0.717, 1.165) is 24.2 Å². The van der Waals surface area contributed by atoms with Crippen molar-refractivity contribution in [3.63, 3.8) is 0 Å². The molecule has 1 fully saturated rings. The van der Waals surface area contributed by atoms with Gasteiger partial charge in [0.2, 0.25) is 0 Å². The number of nitrogens with zero attached hydrogens (tertiary/aromatic N) is 1. The number of hydrogen-bond acceptors (Lipinski definition) is 4. The minimum absolute atomic E-state index is 0.0347. The Kier molecular flexibility index (Phi) is 6.70. The zero-order valence-electron chi connectivity index (χ0n) is 15.4. The van der Waals surface area contributed by atoms with Crippen molar-refractivity contribution >= 4 is 23.3 Å². The Hall–Kier alpha value is -2.54. The fourth-order valence-corrected chi connectivity index (χ4v) is 3.67. The number of para-hydroxylation sites is 1. The van der Waals surface area contributed by atoms with Gasteiger partial charge in [-0.1, -0.05) is 18.2 Å². The second-order valence-electron chi connectivity index (χ2n) is 6.59. The highest BCUT2D eigenvalue weighted by molar-refractivity contribution is 7.08. The molecule has 2 aromatic rings. The van der Waals surface area contributed by atoms with Crippen LogP contribution in [0.5, 0.6) is 5.75 Å². The van der Waals surface area contributed by atoms with E-state index in [-0.39, 0.29) is 18.0 Å². The molecule has 0 aliphatic carbocycles. The summed E-state index contributed by atoms with van der Waals surface area (Å²) >= 11 is 1.51. The lowest BCUT2D eigenvalue weighted by molar-refractivity contribution is 0.0918. The van der Waals surface area contributed by atoms with Crippen molar-refractivity contribution in [2.45, 2.75) is 25.8 Å². The normalized spacial score (nSPS) is 14.6. The van der Waals surface area contributed by atoms with Crippen LogP contribution in [-0.2, 0) is 0 Å². The molecule has 0 radical (unpaired) electrons. The Morgan fingerprint density at radius 3 is 2.70 bits per heavy atom. The number of likely N-dealkylation sites (tertiary alicyclic amines) is 1. The maximum absolute atomic E-state index is 12.3. The highest BCUT2D eigenvalue weighted by Crippen LogP contribution is 2.16. The number of ether oxygens (including phenoxy) is 1. The highest BCUT2D eigenvalue weighted by atomic mass is 32.1. The Labute approximate surface area is 163 Å². The first-order valence-corrected chi connectivity index (χ1v) is 10.1. The van der Waals surface area contributed by atoms with Crippen LogP contribution in [0.2, 0.25) is 0 Å². The standard InChI is InChI=1S/C20H25N3O3S/c1-15-4-2-3-5-18(15)26-12-9-21-20(25)23-10-6-17(7-11-23)22-19(24)16-8-13-27-14-16/h2-5,8,13-14,17H,6-7,9-12H2,1H3,(H,21,25)(H,22,24). The smallest absolute Gasteiger partial charge is 0.317 e. The van der Waals surface area contributed by atoms with Gasteiger partial charge < -0.3 is 20.3 Å². The van der Waals surface area contributed by atoms with Gasteiger partial charge >= 0.3 is 6.03 Å². The number of nitrogens with one attached hydrogen (secondary N) is 2. The number of benzene rings is 1. The predicted molar refractivity (Wildman–Crippen MR) is 106 cm³/mol. The molecule has 1 aliphatic heterocycles. The molecule has 1 aliphatic rings. The van der Waals surface area contributed by atoms with Crippen LogP contribution in [-0.4, -0.2) is 49.1 Å². The minimum atomic E-state index is -0.0778. The van der Waals surface area contributed by atoms with Crippen molar-refractivity contribution in [3.05, 3.63) is 52.2 Å². The second-order valence-corrected chi connectivity index (χ2v) is 7.37. The maximum atomic E-state index is 12.3. The van der Waals surface area contributed by atoms with Gasteiger partial charge in [-0.15, -0.1) is 0 Å². The largest absolute Gasteiger partial charge is 0.491 e. The zero-order valence-corrected chi connectivity index (χ0v) is 16.3. The SMILES string of the molecule is Cc1ccccc1OCCNC(=O)N1CCC(NC(=O)c2ccsc2)CC1. The van der Waals surface area contributed by atoms with Crippen LogP contribution >= 0.6 is 11.3 Å². The van der Waals surface area contributed by atoms with E-state index in [1.807, 2.05) is 48.0 Å². The summed E-state index contributed by atoms with van der Waals surface area (Å²) in [5, 5.41) is 9.68. The Morgan fingerprint density at radius 2 is 2.00 bits per heavy atom. The molecular formula is C20H25N3O3S. The van der Waals surface area contributed by atoms with Crippen LogP contribution in [0.4, 0.5) is 4.79 Å². The molecule has 1 saturated heterocycles. The molecule has 6 nitrogen and oxygen atoms in total. The van der Waals surface area contributed by atoms with Crippen LogP contribution in [0.3, 0.4) is 0 Å². The first-order chi connectivity index (χ1) is 13.1. The summed E-state index contributed by atoms with van der Waals surface area (Å²) in [7, 11) is 0. The summed E-state index contributed by atoms with van der Waals surface area (Å²) in [6, 6.07) is 9.68. The van der Waals surface area contributed by atoms with E-state index in [2.05, 4.69) is 10.6 Å². The van der Waals surface area contributed by atoms with Gasteiger partial charge in [-0.25, -0.2) is 4.79 Å². The van der Waals surface area contributed by atoms with Crippen LogP contribution in [0.15, 0.2) is 41.1 Å². The van der Waals surface area contributed by atoms with E-state index in [1.54, 1.807) is 4.90 Å². The van der Waals surface area contributed by atoms with Gasteiger partial charge in [0.05, 0.1) is 6.54 Å². The van der Waals surface area contributed by atoms with Gasteiger partial charge in [-0.3, -0.25) is 4.79 Å². The van der Waals surface area contributed by atoms with Crippen molar-refractivity contribution < 1.29 is 14.3 Å². The molecule has 3 rings (SSSR count).